The zero-order chi connectivity index (χ0) is 13.4. The Kier molecular flexibility index (Phi) is 3.77. The lowest BCUT2D eigenvalue weighted by atomic mass is 10.1. The summed E-state index contributed by atoms with van der Waals surface area (Å²) >= 11 is 0. The minimum atomic E-state index is -0.969. The number of nitrogens with one attached hydrogen (secondary N) is 1. The van der Waals surface area contributed by atoms with Gasteiger partial charge in [-0.15, -0.1) is 12.4 Å². The highest BCUT2D eigenvalue weighted by atomic mass is 35.5. The van der Waals surface area contributed by atoms with Crippen molar-refractivity contribution in [2.75, 3.05) is 0 Å². The van der Waals surface area contributed by atoms with E-state index in [1.807, 2.05) is 37.3 Å². The third-order valence-corrected chi connectivity index (χ3v) is 3.13. The van der Waals surface area contributed by atoms with Gasteiger partial charge in [-0.3, -0.25) is 0 Å². The lowest BCUT2D eigenvalue weighted by molar-refractivity contribution is 0.0691. The number of carboxylic acid groups (broad SMARTS) is 1. The molecule has 0 saturated carbocycles. The lowest BCUT2D eigenvalue weighted by Crippen LogP contribution is -1.94. The van der Waals surface area contributed by atoms with Gasteiger partial charge < -0.3 is 10.1 Å². The normalized spacial score (nSPS) is 10.2. The fourth-order valence-electron chi connectivity index (χ4n) is 2.16. The second kappa shape index (κ2) is 5.35. The number of halogens is 1. The first kappa shape index (κ1) is 14.1. The van der Waals surface area contributed by atoms with Gasteiger partial charge in [-0.2, -0.15) is 0 Å². The zero-order valence-corrected chi connectivity index (χ0v) is 11.6. The van der Waals surface area contributed by atoms with Gasteiger partial charge in [0.2, 0.25) is 0 Å². The third-order valence-electron chi connectivity index (χ3n) is 3.13. The quantitative estimate of drug-likeness (QED) is 0.756. The summed E-state index contributed by atoms with van der Waals surface area (Å²) in [5, 5.41) is 10.0. The van der Waals surface area contributed by atoms with Crippen molar-refractivity contribution in [1.82, 2.24) is 9.97 Å². The van der Waals surface area contributed by atoms with E-state index >= 15 is 0 Å². The largest absolute Gasteiger partial charge is 0.477 e. The van der Waals surface area contributed by atoms with Gasteiger partial charge >= 0.3 is 5.97 Å². The molecule has 0 radical (unpaired) electrons. The summed E-state index contributed by atoms with van der Waals surface area (Å²) in [6.07, 6.45) is 1.67. The monoisotopic (exact) mass is 288 g/mol. The Morgan fingerprint density at radius 2 is 2.00 bits per heavy atom. The van der Waals surface area contributed by atoms with Crippen LogP contribution in [0.4, 0.5) is 0 Å². The summed E-state index contributed by atoms with van der Waals surface area (Å²) < 4.78 is 0. The van der Waals surface area contributed by atoms with Crippen LogP contribution in [0, 0.1) is 6.92 Å². The molecule has 0 aliphatic carbocycles. The Balaban J connectivity index is 0.00000147. The first-order chi connectivity index (χ1) is 9.15. The maximum Gasteiger partial charge on any atom is 0.352 e. The molecule has 0 fully saturated rings. The molecule has 20 heavy (non-hydrogen) atoms. The van der Waals surface area contributed by atoms with E-state index in [9.17, 15) is 4.79 Å². The molecule has 3 aromatic rings. The van der Waals surface area contributed by atoms with E-state index in [0.29, 0.717) is 0 Å². The van der Waals surface area contributed by atoms with Crippen LogP contribution in [0.5, 0.6) is 0 Å². The highest BCUT2D eigenvalue weighted by Crippen LogP contribution is 2.24. The standard InChI is InChI=1S/C15H12N2O2.ClH/c1-9-6-13(10-7-14(15(18)19)16-8-10)17-12-5-3-2-4-11(9)12;/h2-8,16H,1H3,(H,18,19);1H. The van der Waals surface area contributed by atoms with Crippen molar-refractivity contribution in [3.05, 3.63) is 53.9 Å². The van der Waals surface area contributed by atoms with Crippen LogP contribution >= 0.6 is 12.4 Å². The number of nitrogens with zero attached hydrogens (tertiary/aromatic N) is 1. The van der Waals surface area contributed by atoms with Gasteiger partial charge in [0, 0.05) is 17.1 Å². The van der Waals surface area contributed by atoms with E-state index < -0.39 is 5.97 Å². The van der Waals surface area contributed by atoms with Crippen LogP contribution in [-0.2, 0) is 0 Å². The molecule has 0 amide bonds. The summed E-state index contributed by atoms with van der Waals surface area (Å²) in [7, 11) is 0. The second-order valence-corrected chi connectivity index (χ2v) is 4.45. The van der Waals surface area contributed by atoms with Crippen LogP contribution in [0.25, 0.3) is 22.2 Å². The van der Waals surface area contributed by atoms with Gasteiger partial charge in [0.15, 0.2) is 0 Å². The smallest absolute Gasteiger partial charge is 0.352 e. The Morgan fingerprint density at radius 3 is 2.70 bits per heavy atom. The van der Waals surface area contributed by atoms with Gasteiger partial charge in [-0.05, 0) is 30.7 Å². The van der Waals surface area contributed by atoms with Crippen LogP contribution in [-0.4, -0.2) is 21.0 Å². The highest BCUT2D eigenvalue weighted by molar-refractivity contribution is 5.89. The molecular weight excluding hydrogens is 276 g/mol. The molecule has 1 aromatic carbocycles. The van der Waals surface area contributed by atoms with Crippen molar-refractivity contribution in [2.45, 2.75) is 6.92 Å². The first-order valence-corrected chi connectivity index (χ1v) is 5.93. The van der Waals surface area contributed by atoms with Gasteiger partial charge in [0.05, 0.1) is 11.2 Å². The number of aromatic amines is 1. The van der Waals surface area contributed by atoms with E-state index in [4.69, 9.17) is 5.11 Å². The molecule has 2 N–H and O–H groups in total. The molecule has 0 aliphatic heterocycles. The summed E-state index contributed by atoms with van der Waals surface area (Å²) in [6.45, 7) is 2.03. The van der Waals surface area contributed by atoms with E-state index in [1.54, 1.807) is 12.3 Å². The number of pyridine rings is 1. The van der Waals surface area contributed by atoms with Crippen LogP contribution < -0.4 is 0 Å². The van der Waals surface area contributed by atoms with Crippen LogP contribution in [0.3, 0.4) is 0 Å². The molecule has 102 valence electrons. The van der Waals surface area contributed by atoms with Gasteiger partial charge in [0.25, 0.3) is 0 Å². The number of para-hydroxylation sites is 1. The van der Waals surface area contributed by atoms with Crippen LogP contribution in [0.2, 0.25) is 0 Å². The van der Waals surface area contributed by atoms with Gasteiger partial charge in [0.1, 0.15) is 5.69 Å². The number of hydrogen-bond donors (Lipinski definition) is 2. The molecule has 2 heterocycles. The van der Waals surface area contributed by atoms with Crippen molar-refractivity contribution in [1.29, 1.82) is 0 Å². The third kappa shape index (κ3) is 2.38. The number of carboxylic acids is 1. The number of hydrogen-bond acceptors (Lipinski definition) is 2. The van der Waals surface area contributed by atoms with Crippen molar-refractivity contribution < 1.29 is 9.90 Å². The minimum absolute atomic E-state index is 0. The molecule has 4 nitrogen and oxygen atoms in total. The van der Waals surface area contributed by atoms with Crippen molar-refractivity contribution >= 4 is 29.3 Å². The Bertz CT molecular complexity index is 780. The van der Waals surface area contributed by atoms with E-state index in [-0.39, 0.29) is 18.1 Å². The number of aromatic nitrogens is 2. The number of aromatic carboxylic acids is 1. The predicted octanol–water partition coefficient (Wildman–Crippen LogP) is 3.66. The molecule has 0 aliphatic rings. The second-order valence-electron chi connectivity index (χ2n) is 4.45. The Labute approximate surface area is 121 Å². The fraction of sp³-hybridized carbons (Fsp3) is 0.0667. The zero-order valence-electron chi connectivity index (χ0n) is 10.8. The fourth-order valence-corrected chi connectivity index (χ4v) is 2.16. The molecule has 0 bridgehead atoms. The number of fused-ring (bicyclic) bond motifs is 1. The van der Waals surface area contributed by atoms with Crippen molar-refractivity contribution in [2.24, 2.45) is 0 Å². The minimum Gasteiger partial charge on any atom is -0.477 e. The molecule has 3 rings (SSSR count). The van der Waals surface area contributed by atoms with Crippen LogP contribution in [0.15, 0.2) is 42.6 Å². The average Bonchev–Trinajstić information content (AvgIpc) is 2.88. The van der Waals surface area contributed by atoms with Crippen molar-refractivity contribution in [3.63, 3.8) is 0 Å². The van der Waals surface area contributed by atoms with E-state index in [0.717, 1.165) is 27.7 Å². The maximum absolute atomic E-state index is 10.9. The summed E-state index contributed by atoms with van der Waals surface area (Å²) in [5.41, 5.74) is 3.77. The average molecular weight is 289 g/mol. The van der Waals surface area contributed by atoms with Gasteiger partial charge in [-0.25, -0.2) is 9.78 Å². The molecule has 2 aromatic heterocycles. The topological polar surface area (TPSA) is 66.0 Å². The molecule has 0 saturated heterocycles. The maximum atomic E-state index is 10.9. The summed E-state index contributed by atoms with van der Waals surface area (Å²) in [5.74, 6) is -0.969. The van der Waals surface area contributed by atoms with Crippen molar-refractivity contribution in [3.8, 4) is 11.3 Å². The number of benzene rings is 1. The summed E-state index contributed by atoms with van der Waals surface area (Å²) in [4.78, 5) is 18.2. The molecule has 0 spiro atoms. The molecule has 0 unspecified atom stereocenters. The molecule has 5 heteroatoms. The number of aryl methyl sites for hydroxylation is 1. The number of carbonyl (C=O) groups is 1. The van der Waals surface area contributed by atoms with E-state index in [2.05, 4.69) is 9.97 Å². The number of H-pyrrole nitrogens is 1. The van der Waals surface area contributed by atoms with Gasteiger partial charge in [-0.1, -0.05) is 18.2 Å². The Hall–Kier alpha value is -2.33. The highest BCUT2D eigenvalue weighted by Gasteiger charge is 2.10. The lowest BCUT2D eigenvalue weighted by Gasteiger charge is -2.04. The first-order valence-electron chi connectivity index (χ1n) is 5.93. The summed E-state index contributed by atoms with van der Waals surface area (Å²) in [6, 6.07) is 11.5. The number of rotatable bonds is 2. The molecule has 0 atom stereocenters. The Morgan fingerprint density at radius 1 is 1.25 bits per heavy atom. The van der Waals surface area contributed by atoms with E-state index in [1.165, 1.54) is 0 Å². The molecular formula is C15H13ClN2O2. The SMILES string of the molecule is Cc1cc(-c2c[nH]c(C(=O)O)c2)nc2ccccc12.Cl. The predicted molar refractivity (Wildman–Crippen MR) is 80.5 cm³/mol. The van der Waals surface area contributed by atoms with Crippen LogP contribution in [0.1, 0.15) is 16.1 Å².